The molecule has 0 bridgehead atoms. The molecule has 0 aliphatic carbocycles. The second-order valence-electron chi connectivity index (χ2n) is 5.91. The van der Waals surface area contributed by atoms with Crippen LogP contribution in [0.1, 0.15) is 16.7 Å². The number of ether oxygens (including phenoxy) is 1. The van der Waals surface area contributed by atoms with E-state index >= 15 is 0 Å². The van der Waals surface area contributed by atoms with Crippen LogP contribution < -0.4 is 4.74 Å². The van der Waals surface area contributed by atoms with Crippen LogP contribution in [-0.4, -0.2) is 0 Å². The van der Waals surface area contributed by atoms with Gasteiger partial charge in [-0.05, 0) is 91.0 Å². The van der Waals surface area contributed by atoms with Crippen molar-refractivity contribution >= 4 is 59.4 Å². The van der Waals surface area contributed by atoms with Crippen molar-refractivity contribution in [3.8, 4) is 11.8 Å². The van der Waals surface area contributed by atoms with Gasteiger partial charge in [-0.2, -0.15) is 5.26 Å². The molecule has 0 N–H and O–H groups in total. The fourth-order valence-electron chi connectivity index (χ4n) is 2.56. The van der Waals surface area contributed by atoms with Gasteiger partial charge in [0.05, 0.1) is 20.6 Å². The molecule has 28 heavy (non-hydrogen) atoms. The Kier molecular flexibility index (Phi) is 7.06. The van der Waals surface area contributed by atoms with E-state index in [1.54, 1.807) is 12.1 Å². The molecule has 0 saturated carbocycles. The van der Waals surface area contributed by atoms with E-state index in [0.717, 1.165) is 30.1 Å². The van der Waals surface area contributed by atoms with Gasteiger partial charge in [0, 0.05) is 4.47 Å². The van der Waals surface area contributed by atoms with E-state index in [-0.39, 0.29) is 12.4 Å². The molecular formula is C22H13Br3FNO. The van der Waals surface area contributed by atoms with E-state index in [9.17, 15) is 9.65 Å². The Morgan fingerprint density at radius 3 is 2.29 bits per heavy atom. The Morgan fingerprint density at radius 2 is 1.68 bits per heavy atom. The predicted octanol–water partition coefficient (Wildman–Crippen LogP) is 7.76. The average molecular weight is 566 g/mol. The third kappa shape index (κ3) is 5.32. The lowest BCUT2D eigenvalue weighted by Crippen LogP contribution is -1.98. The highest BCUT2D eigenvalue weighted by Crippen LogP contribution is 2.36. The zero-order chi connectivity index (χ0) is 20.1. The van der Waals surface area contributed by atoms with E-state index in [0.29, 0.717) is 11.3 Å². The summed E-state index contributed by atoms with van der Waals surface area (Å²) in [5, 5.41) is 9.53. The fraction of sp³-hybridized carbons (Fsp3) is 0.0455. The number of hydrogen-bond acceptors (Lipinski definition) is 2. The molecular weight excluding hydrogens is 553 g/mol. The van der Waals surface area contributed by atoms with E-state index in [1.165, 1.54) is 12.1 Å². The first-order chi connectivity index (χ1) is 13.5. The molecule has 6 heteroatoms. The molecule has 0 aliphatic heterocycles. The van der Waals surface area contributed by atoms with Crippen molar-refractivity contribution in [3.63, 3.8) is 0 Å². The number of nitriles is 1. The van der Waals surface area contributed by atoms with Crippen LogP contribution in [0.2, 0.25) is 0 Å². The van der Waals surface area contributed by atoms with Crippen molar-refractivity contribution < 1.29 is 9.13 Å². The van der Waals surface area contributed by atoms with Gasteiger partial charge in [-0.1, -0.05) is 40.2 Å². The smallest absolute Gasteiger partial charge is 0.148 e. The topological polar surface area (TPSA) is 33.0 Å². The minimum absolute atomic E-state index is 0.243. The third-order valence-corrected chi connectivity index (χ3v) is 5.59. The summed E-state index contributed by atoms with van der Waals surface area (Å²) in [5.74, 6) is 0.320. The molecule has 0 amide bonds. The molecule has 0 saturated heterocycles. The van der Waals surface area contributed by atoms with E-state index < -0.39 is 0 Å². The monoisotopic (exact) mass is 563 g/mol. The number of nitrogens with zero attached hydrogens (tertiary/aromatic N) is 1. The van der Waals surface area contributed by atoms with Crippen molar-refractivity contribution in [2.45, 2.75) is 6.61 Å². The van der Waals surface area contributed by atoms with Crippen LogP contribution in [0.15, 0.2) is 74.1 Å². The zero-order valence-corrected chi connectivity index (χ0v) is 19.2. The molecule has 0 aliphatic rings. The van der Waals surface area contributed by atoms with Gasteiger partial charge in [-0.15, -0.1) is 0 Å². The SMILES string of the molecule is N#C/C(=C\c1cc(Br)c(OCc2cccc(F)c2)c(Br)c1)c1ccc(Br)cc1. The minimum Gasteiger partial charge on any atom is -0.487 e. The summed E-state index contributed by atoms with van der Waals surface area (Å²) >= 11 is 10.4. The fourth-order valence-corrected chi connectivity index (χ4v) is 4.27. The molecule has 0 heterocycles. The summed E-state index contributed by atoms with van der Waals surface area (Å²) in [6.45, 7) is 0.243. The van der Waals surface area contributed by atoms with Crippen LogP contribution in [0.4, 0.5) is 4.39 Å². The first-order valence-electron chi connectivity index (χ1n) is 8.20. The molecule has 3 aromatic rings. The predicted molar refractivity (Wildman–Crippen MR) is 120 cm³/mol. The van der Waals surface area contributed by atoms with E-state index in [4.69, 9.17) is 4.74 Å². The van der Waals surface area contributed by atoms with Gasteiger partial charge in [0.15, 0.2) is 0 Å². The summed E-state index contributed by atoms with van der Waals surface area (Å²) in [5.41, 5.74) is 2.98. The molecule has 0 radical (unpaired) electrons. The van der Waals surface area contributed by atoms with Crippen LogP contribution in [0.5, 0.6) is 5.75 Å². The van der Waals surface area contributed by atoms with Gasteiger partial charge in [-0.3, -0.25) is 0 Å². The van der Waals surface area contributed by atoms with Crippen molar-refractivity contribution in [2.24, 2.45) is 0 Å². The molecule has 0 unspecified atom stereocenters. The second-order valence-corrected chi connectivity index (χ2v) is 8.53. The van der Waals surface area contributed by atoms with Crippen LogP contribution in [0.25, 0.3) is 11.6 Å². The minimum atomic E-state index is -0.295. The standard InChI is InChI=1S/C22H13Br3FNO/c23-18-6-4-16(5-7-18)17(12-27)8-15-10-20(24)22(21(25)11-15)28-13-14-2-1-3-19(26)9-14/h1-11H,13H2/b17-8+. The molecule has 2 nitrogen and oxygen atoms in total. The third-order valence-electron chi connectivity index (χ3n) is 3.88. The molecule has 0 fully saturated rings. The lowest BCUT2D eigenvalue weighted by Gasteiger charge is -2.12. The maximum absolute atomic E-state index is 13.3. The van der Waals surface area contributed by atoms with Crippen LogP contribution in [0, 0.1) is 17.1 Å². The zero-order valence-electron chi connectivity index (χ0n) is 14.4. The highest BCUT2D eigenvalue weighted by molar-refractivity contribution is 9.11. The Hall–Kier alpha value is -1.94. The van der Waals surface area contributed by atoms with E-state index in [2.05, 4.69) is 53.9 Å². The number of hydrogen-bond donors (Lipinski definition) is 0. The largest absolute Gasteiger partial charge is 0.487 e. The van der Waals surface area contributed by atoms with Crippen molar-refractivity contribution in [1.29, 1.82) is 5.26 Å². The molecule has 3 rings (SSSR count). The molecule has 0 spiro atoms. The summed E-state index contributed by atoms with van der Waals surface area (Å²) < 4.78 is 21.6. The maximum Gasteiger partial charge on any atom is 0.148 e. The normalized spacial score (nSPS) is 11.2. The molecule has 0 atom stereocenters. The second kappa shape index (κ2) is 9.51. The van der Waals surface area contributed by atoms with Crippen LogP contribution >= 0.6 is 47.8 Å². The van der Waals surface area contributed by atoms with Gasteiger partial charge in [0.2, 0.25) is 0 Å². The summed E-state index contributed by atoms with van der Waals surface area (Å²) in [6.07, 6.45) is 1.81. The first kappa shape index (κ1) is 20.8. The van der Waals surface area contributed by atoms with Crippen molar-refractivity contribution in [2.75, 3.05) is 0 Å². The Morgan fingerprint density at radius 1 is 1.00 bits per heavy atom. The summed E-state index contributed by atoms with van der Waals surface area (Å²) in [6, 6.07) is 19.9. The first-order valence-corrected chi connectivity index (χ1v) is 10.6. The molecule has 3 aromatic carbocycles. The quantitative estimate of drug-likeness (QED) is 0.234. The van der Waals surface area contributed by atoms with Gasteiger partial charge < -0.3 is 4.74 Å². The average Bonchev–Trinajstić information content (AvgIpc) is 2.66. The van der Waals surface area contributed by atoms with Crippen LogP contribution in [0.3, 0.4) is 0 Å². The summed E-state index contributed by atoms with van der Waals surface area (Å²) in [7, 11) is 0. The lowest BCUT2D eigenvalue weighted by atomic mass is 10.0. The Bertz CT molecular complexity index is 1050. The summed E-state index contributed by atoms with van der Waals surface area (Å²) in [4.78, 5) is 0. The van der Waals surface area contributed by atoms with Crippen molar-refractivity contribution in [1.82, 2.24) is 0 Å². The number of allylic oxidation sites excluding steroid dienone is 1. The molecule has 0 aromatic heterocycles. The number of benzene rings is 3. The van der Waals surface area contributed by atoms with Gasteiger partial charge in [0.1, 0.15) is 18.2 Å². The number of halogens is 4. The van der Waals surface area contributed by atoms with Gasteiger partial charge in [0.25, 0.3) is 0 Å². The maximum atomic E-state index is 13.3. The molecule has 140 valence electrons. The number of rotatable bonds is 5. The van der Waals surface area contributed by atoms with Crippen molar-refractivity contribution in [3.05, 3.63) is 96.6 Å². The lowest BCUT2D eigenvalue weighted by molar-refractivity contribution is 0.301. The Balaban J connectivity index is 1.84. The highest BCUT2D eigenvalue weighted by Gasteiger charge is 2.10. The van der Waals surface area contributed by atoms with E-state index in [1.807, 2.05) is 42.5 Å². The van der Waals surface area contributed by atoms with Gasteiger partial charge >= 0.3 is 0 Å². The van der Waals surface area contributed by atoms with Gasteiger partial charge in [-0.25, -0.2) is 4.39 Å². The Labute approximate surface area is 188 Å². The van der Waals surface area contributed by atoms with Crippen LogP contribution in [-0.2, 0) is 6.61 Å². The highest BCUT2D eigenvalue weighted by atomic mass is 79.9.